The summed E-state index contributed by atoms with van der Waals surface area (Å²) in [5.41, 5.74) is 5.37. The van der Waals surface area contributed by atoms with E-state index in [4.69, 9.17) is 24.3 Å². The maximum absolute atomic E-state index is 12.7. The Kier molecular flexibility index (Phi) is 57.5. The van der Waals surface area contributed by atoms with Crippen molar-refractivity contribution < 1.29 is 37.6 Å². The van der Waals surface area contributed by atoms with Gasteiger partial charge in [0.15, 0.2) is 6.10 Å². The molecule has 0 saturated carbocycles. The van der Waals surface area contributed by atoms with E-state index in [1.54, 1.807) is 0 Å². The van der Waals surface area contributed by atoms with Gasteiger partial charge in [-0.05, 0) is 44.9 Å². The van der Waals surface area contributed by atoms with E-state index >= 15 is 0 Å². The average Bonchev–Trinajstić information content (AvgIpc) is 3.37. The molecule has 0 aliphatic carbocycles. The van der Waals surface area contributed by atoms with Crippen LogP contribution in [0.1, 0.15) is 328 Å². The number of ether oxygens (including phenoxy) is 2. The lowest BCUT2D eigenvalue weighted by atomic mass is 10.0. The van der Waals surface area contributed by atoms with E-state index in [0.29, 0.717) is 6.42 Å². The second-order valence-corrected chi connectivity index (χ2v) is 22.7. The maximum Gasteiger partial charge on any atom is 0.472 e. The number of hydrogen-bond donors (Lipinski definition) is 2. The van der Waals surface area contributed by atoms with E-state index in [0.717, 1.165) is 38.5 Å². The Morgan fingerprint density at radius 2 is 0.722 bits per heavy atom. The summed E-state index contributed by atoms with van der Waals surface area (Å²) in [5.74, 6) is -0.809. The topological polar surface area (TPSA) is 134 Å². The number of phosphoric acid groups is 1. The molecule has 2 unspecified atom stereocenters. The van der Waals surface area contributed by atoms with Crippen LogP contribution in [0, 0.1) is 0 Å². The smallest absolute Gasteiger partial charge is 0.462 e. The molecule has 0 saturated heterocycles. The molecule has 0 aliphatic heterocycles. The Labute approximate surface area is 446 Å². The summed E-state index contributed by atoms with van der Waals surface area (Å²) < 4.78 is 33.0. The largest absolute Gasteiger partial charge is 0.472 e. The van der Waals surface area contributed by atoms with Crippen LogP contribution in [0.3, 0.4) is 0 Å². The number of carbonyl (C=O) groups is 2. The number of nitrogens with two attached hydrogens (primary N) is 1. The van der Waals surface area contributed by atoms with E-state index in [-0.39, 0.29) is 38.6 Å². The molecule has 426 valence electrons. The van der Waals surface area contributed by atoms with Gasteiger partial charge in [-0.2, -0.15) is 0 Å². The molecule has 3 N–H and O–H groups in total. The van der Waals surface area contributed by atoms with Crippen molar-refractivity contribution in [3.63, 3.8) is 0 Å². The number of rotatable bonds is 60. The Morgan fingerprint density at radius 1 is 0.417 bits per heavy atom. The molecule has 0 aromatic carbocycles. The molecule has 0 amide bonds. The zero-order chi connectivity index (χ0) is 52.4. The van der Waals surface area contributed by atoms with Gasteiger partial charge < -0.3 is 20.1 Å². The Bertz CT molecular complexity index is 1230. The third kappa shape index (κ3) is 57.8. The number of phosphoric ester groups is 1. The van der Waals surface area contributed by atoms with Crippen molar-refractivity contribution in [2.75, 3.05) is 26.4 Å². The fourth-order valence-electron chi connectivity index (χ4n) is 9.44. The van der Waals surface area contributed by atoms with Crippen LogP contribution in [-0.4, -0.2) is 49.3 Å². The van der Waals surface area contributed by atoms with Gasteiger partial charge in [-0.1, -0.05) is 295 Å². The van der Waals surface area contributed by atoms with Crippen LogP contribution in [0.4, 0.5) is 0 Å². The SMILES string of the molecule is CCCCCCC/C=C\C/C=C\CCCCCCCCCCCCCCCCCCCCCCCCCCCCCC(=O)OC(COC(=O)CCCCCCCCCCCCCC)COP(=O)(O)OCCN. The molecule has 0 heterocycles. The van der Waals surface area contributed by atoms with Gasteiger partial charge in [0, 0.05) is 19.4 Å². The predicted octanol–water partition coefficient (Wildman–Crippen LogP) is 19.8. The molecule has 0 aromatic rings. The summed E-state index contributed by atoms with van der Waals surface area (Å²) in [7, 11) is -4.38. The van der Waals surface area contributed by atoms with Crippen molar-refractivity contribution in [2.24, 2.45) is 5.73 Å². The lowest BCUT2D eigenvalue weighted by molar-refractivity contribution is -0.161. The minimum atomic E-state index is -4.38. The predicted molar refractivity (Wildman–Crippen MR) is 307 cm³/mol. The first kappa shape index (κ1) is 70.5. The fraction of sp³-hybridized carbons (Fsp3) is 0.903. The van der Waals surface area contributed by atoms with Crippen LogP contribution in [0.2, 0.25) is 0 Å². The van der Waals surface area contributed by atoms with E-state index in [1.807, 2.05) is 0 Å². The summed E-state index contributed by atoms with van der Waals surface area (Å²) in [6, 6.07) is 0. The third-order valence-electron chi connectivity index (χ3n) is 14.1. The van der Waals surface area contributed by atoms with Crippen molar-refractivity contribution in [1.29, 1.82) is 0 Å². The number of hydrogen-bond acceptors (Lipinski definition) is 8. The highest BCUT2D eigenvalue weighted by molar-refractivity contribution is 7.47. The van der Waals surface area contributed by atoms with Crippen LogP contribution in [-0.2, 0) is 32.7 Å². The van der Waals surface area contributed by atoms with Crippen LogP contribution in [0.25, 0.3) is 0 Å². The molecule has 2 atom stereocenters. The van der Waals surface area contributed by atoms with Crippen molar-refractivity contribution in [1.82, 2.24) is 0 Å². The lowest BCUT2D eigenvalue weighted by Gasteiger charge is -2.19. The zero-order valence-corrected chi connectivity index (χ0v) is 48.6. The molecule has 0 spiro atoms. The Hall–Kier alpha value is -1.51. The van der Waals surface area contributed by atoms with Gasteiger partial charge in [0.25, 0.3) is 0 Å². The summed E-state index contributed by atoms with van der Waals surface area (Å²) in [6.45, 7) is 3.78. The molecule has 10 heteroatoms. The molecule has 0 rings (SSSR count). The second-order valence-electron chi connectivity index (χ2n) is 21.3. The van der Waals surface area contributed by atoms with Crippen LogP contribution in [0.5, 0.6) is 0 Å². The Morgan fingerprint density at radius 3 is 1.06 bits per heavy atom. The maximum atomic E-state index is 12.7. The monoisotopic (exact) mass is 1040 g/mol. The fourth-order valence-corrected chi connectivity index (χ4v) is 10.2. The van der Waals surface area contributed by atoms with Gasteiger partial charge in [-0.15, -0.1) is 0 Å². The summed E-state index contributed by atoms with van der Waals surface area (Å²) in [5, 5.41) is 0. The van der Waals surface area contributed by atoms with Crippen LogP contribution >= 0.6 is 7.82 Å². The van der Waals surface area contributed by atoms with Crippen molar-refractivity contribution in [3.8, 4) is 0 Å². The number of allylic oxidation sites excluding steroid dienone is 4. The number of carbonyl (C=O) groups excluding carboxylic acids is 2. The van der Waals surface area contributed by atoms with Gasteiger partial charge >= 0.3 is 19.8 Å². The standard InChI is InChI=1S/C62H120NO8P/c1-3-5-7-9-11-13-15-17-18-19-20-21-22-23-24-25-26-27-28-29-30-31-32-33-34-35-36-37-38-39-40-41-42-43-45-47-49-51-53-55-62(65)71-60(59-70-72(66,67)69-57-56-63)58-68-61(64)54-52-50-48-46-44-16-14-12-10-8-6-4-2/h15,17,19-20,60H,3-14,16,18,21-59,63H2,1-2H3,(H,66,67)/b17-15-,20-19-. The normalized spacial score (nSPS) is 13.1. The van der Waals surface area contributed by atoms with Gasteiger partial charge in [0.1, 0.15) is 6.61 Å². The molecule has 9 nitrogen and oxygen atoms in total. The average molecular weight is 1040 g/mol. The van der Waals surface area contributed by atoms with E-state index < -0.39 is 26.5 Å². The highest BCUT2D eigenvalue weighted by Gasteiger charge is 2.26. The quantitative estimate of drug-likeness (QED) is 0.0264. The van der Waals surface area contributed by atoms with Crippen molar-refractivity contribution in [3.05, 3.63) is 24.3 Å². The third-order valence-corrected chi connectivity index (χ3v) is 15.1. The van der Waals surface area contributed by atoms with Gasteiger partial charge in [0.05, 0.1) is 13.2 Å². The summed E-state index contributed by atoms with van der Waals surface area (Å²) >= 11 is 0. The molecule has 0 aliphatic rings. The number of unbranched alkanes of at least 4 members (excludes halogenated alkanes) is 43. The number of esters is 2. The van der Waals surface area contributed by atoms with Crippen molar-refractivity contribution >= 4 is 19.8 Å². The van der Waals surface area contributed by atoms with Crippen LogP contribution in [0.15, 0.2) is 24.3 Å². The first-order valence-electron chi connectivity index (χ1n) is 31.3. The summed E-state index contributed by atoms with van der Waals surface area (Å²) in [6.07, 6.45) is 70.0. The van der Waals surface area contributed by atoms with Crippen LogP contribution < -0.4 is 5.73 Å². The molecule has 0 bridgehead atoms. The highest BCUT2D eigenvalue weighted by Crippen LogP contribution is 2.43. The molecule has 0 aromatic heterocycles. The highest BCUT2D eigenvalue weighted by atomic mass is 31.2. The zero-order valence-electron chi connectivity index (χ0n) is 47.7. The molecule has 0 radical (unpaired) electrons. The molecule has 0 fully saturated rings. The molecular weight excluding hydrogens is 918 g/mol. The molecule has 72 heavy (non-hydrogen) atoms. The van der Waals surface area contributed by atoms with E-state index in [9.17, 15) is 19.0 Å². The van der Waals surface area contributed by atoms with E-state index in [2.05, 4.69) is 38.2 Å². The van der Waals surface area contributed by atoms with Crippen molar-refractivity contribution in [2.45, 2.75) is 335 Å². The first-order chi connectivity index (χ1) is 35.3. The molecular formula is C62H120NO8P. The second kappa shape index (κ2) is 58.7. The van der Waals surface area contributed by atoms with Gasteiger partial charge in [-0.3, -0.25) is 18.6 Å². The van der Waals surface area contributed by atoms with E-state index in [1.165, 1.54) is 257 Å². The minimum absolute atomic E-state index is 0.0572. The first-order valence-corrected chi connectivity index (χ1v) is 32.8. The van der Waals surface area contributed by atoms with Gasteiger partial charge in [0.2, 0.25) is 0 Å². The lowest BCUT2D eigenvalue weighted by Crippen LogP contribution is -2.29. The summed E-state index contributed by atoms with van der Waals surface area (Å²) in [4.78, 5) is 35.1. The minimum Gasteiger partial charge on any atom is -0.462 e. The Balaban J connectivity index is 3.70. The van der Waals surface area contributed by atoms with Gasteiger partial charge in [-0.25, -0.2) is 4.57 Å².